The number of nitrogens with zero attached hydrogens (tertiary/aromatic N) is 4. The summed E-state index contributed by atoms with van der Waals surface area (Å²) in [7, 11) is 0. The van der Waals surface area contributed by atoms with Crippen LogP contribution in [0.1, 0.15) is 23.1 Å². The first-order valence-electron chi connectivity index (χ1n) is 6.28. The van der Waals surface area contributed by atoms with E-state index in [-0.39, 0.29) is 5.89 Å². The number of hydrogen-bond acceptors (Lipinski definition) is 6. The zero-order valence-electron chi connectivity index (χ0n) is 11.2. The summed E-state index contributed by atoms with van der Waals surface area (Å²) in [5, 5.41) is 4.41. The van der Waals surface area contributed by atoms with Crippen molar-refractivity contribution in [3.05, 3.63) is 58.7 Å². The summed E-state index contributed by atoms with van der Waals surface area (Å²) in [5.41, 5.74) is 7.79. The number of nitrogens with two attached hydrogens (primary N) is 1. The molecule has 0 aliphatic heterocycles. The minimum absolute atomic E-state index is 0.266. The van der Waals surface area contributed by atoms with Crippen molar-refractivity contribution in [1.82, 2.24) is 20.1 Å². The highest BCUT2D eigenvalue weighted by Crippen LogP contribution is 2.26. The molecule has 21 heavy (non-hydrogen) atoms. The number of aromatic nitrogens is 4. The summed E-state index contributed by atoms with van der Waals surface area (Å²) >= 11 is 6.12. The Morgan fingerprint density at radius 3 is 2.57 bits per heavy atom. The van der Waals surface area contributed by atoms with Crippen LogP contribution in [0.3, 0.4) is 0 Å². The van der Waals surface area contributed by atoms with E-state index in [0.717, 1.165) is 11.1 Å². The van der Waals surface area contributed by atoms with Gasteiger partial charge < -0.3 is 10.3 Å². The van der Waals surface area contributed by atoms with Gasteiger partial charge in [0.25, 0.3) is 0 Å². The van der Waals surface area contributed by atoms with Gasteiger partial charge in [0.2, 0.25) is 17.5 Å². The van der Waals surface area contributed by atoms with E-state index in [1.165, 1.54) is 0 Å². The Bertz CT molecular complexity index is 756. The largest absolute Gasteiger partial charge is 0.337 e. The summed E-state index contributed by atoms with van der Waals surface area (Å²) in [4.78, 5) is 12.5. The van der Waals surface area contributed by atoms with Gasteiger partial charge in [-0.1, -0.05) is 35.0 Å². The van der Waals surface area contributed by atoms with E-state index >= 15 is 0 Å². The Hall–Kier alpha value is -2.31. The Kier molecular flexibility index (Phi) is 3.64. The molecule has 3 aromatic rings. The predicted molar refractivity (Wildman–Crippen MR) is 77.5 cm³/mol. The van der Waals surface area contributed by atoms with Crippen molar-refractivity contribution in [3.8, 4) is 11.6 Å². The molecule has 0 saturated carbocycles. The Morgan fingerprint density at radius 1 is 1.14 bits per heavy atom. The smallest absolute Gasteiger partial charge is 0.248 e. The Morgan fingerprint density at radius 2 is 1.86 bits per heavy atom. The molecule has 1 aromatic carbocycles. The lowest BCUT2D eigenvalue weighted by Crippen LogP contribution is -2.12. The van der Waals surface area contributed by atoms with Crippen molar-refractivity contribution >= 4 is 11.6 Å². The molecule has 6 nitrogen and oxygen atoms in total. The van der Waals surface area contributed by atoms with Gasteiger partial charge in [0.15, 0.2) is 0 Å². The van der Waals surface area contributed by atoms with E-state index in [1.54, 1.807) is 18.5 Å². The van der Waals surface area contributed by atoms with Crippen molar-refractivity contribution in [3.63, 3.8) is 0 Å². The number of rotatable bonds is 3. The summed E-state index contributed by atoms with van der Waals surface area (Å²) in [6.07, 6.45) is 3.37. The molecular weight excluding hydrogens is 290 g/mol. The van der Waals surface area contributed by atoms with Crippen LogP contribution < -0.4 is 5.73 Å². The van der Waals surface area contributed by atoms with Gasteiger partial charge in [-0.05, 0) is 24.1 Å². The molecule has 3 rings (SSSR count). The van der Waals surface area contributed by atoms with Crippen molar-refractivity contribution in [2.45, 2.75) is 13.0 Å². The highest BCUT2D eigenvalue weighted by Gasteiger charge is 2.20. The number of benzene rings is 1. The summed E-state index contributed by atoms with van der Waals surface area (Å²) in [6, 6.07) is 6.67. The first-order chi connectivity index (χ1) is 10.1. The third kappa shape index (κ3) is 2.76. The van der Waals surface area contributed by atoms with Crippen LogP contribution in [-0.2, 0) is 0 Å². The van der Waals surface area contributed by atoms with E-state index in [2.05, 4.69) is 20.1 Å². The maximum Gasteiger partial charge on any atom is 0.248 e. The normalized spacial score (nSPS) is 12.3. The molecule has 106 valence electrons. The Labute approximate surface area is 126 Å². The van der Waals surface area contributed by atoms with Gasteiger partial charge in [-0.2, -0.15) is 4.98 Å². The van der Waals surface area contributed by atoms with Gasteiger partial charge in [-0.25, -0.2) is 9.97 Å². The van der Waals surface area contributed by atoms with Crippen molar-refractivity contribution in [2.24, 2.45) is 5.73 Å². The van der Waals surface area contributed by atoms with E-state index in [0.29, 0.717) is 16.7 Å². The topological polar surface area (TPSA) is 90.7 Å². The highest BCUT2D eigenvalue weighted by atomic mass is 35.5. The molecule has 0 saturated heterocycles. The molecule has 0 aliphatic carbocycles. The van der Waals surface area contributed by atoms with Crippen LogP contribution in [0.5, 0.6) is 0 Å². The van der Waals surface area contributed by atoms with Crippen LogP contribution in [0.25, 0.3) is 11.6 Å². The summed E-state index contributed by atoms with van der Waals surface area (Å²) < 4.78 is 5.20. The molecule has 0 bridgehead atoms. The lowest BCUT2D eigenvalue weighted by atomic mass is 10.1. The Balaban J connectivity index is 1.91. The summed E-state index contributed by atoms with van der Waals surface area (Å²) in [5.74, 6) is 0.955. The molecule has 0 radical (unpaired) electrons. The molecule has 0 unspecified atom stereocenters. The second-order valence-corrected chi connectivity index (χ2v) is 4.95. The molecular formula is C14H12ClN5O. The van der Waals surface area contributed by atoms with Gasteiger partial charge in [0, 0.05) is 17.4 Å². The molecule has 2 heterocycles. The average molecular weight is 302 g/mol. The highest BCUT2D eigenvalue weighted by molar-refractivity contribution is 6.31. The van der Waals surface area contributed by atoms with Crippen LogP contribution in [-0.4, -0.2) is 20.1 Å². The fourth-order valence-electron chi connectivity index (χ4n) is 1.82. The molecule has 0 spiro atoms. The molecule has 0 fully saturated rings. The lowest BCUT2D eigenvalue weighted by Gasteiger charge is -2.08. The minimum atomic E-state index is -0.592. The molecule has 2 N–H and O–H groups in total. The van der Waals surface area contributed by atoms with Gasteiger partial charge in [0.1, 0.15) is 6.04 Å². The standard InChI is InChI=1S/C14H12ClN5O/c1-8-6-17-12(18-7-8)13-19-14(21-20-13)11(16)9-4-2-3-5-10(9)15/h2-7,11H,16H2,1H3/t11-/m1/s1. The zero-order valence-corrected chi connectivity index (χ0v) is 11.9. The zero-order chi connectivity index (χ0) is 14.8. The first kappa shape index (κ1) is 13.7. The van der Waals surface area contributed by atoms with Gasteiger partial charge in [-0.3, -0.25) is 0 Å². The summed E-state index contributed by atoms with van der Waals surface area (Å²) in [6.45, 7) is 1.90. The SMILES string of the molecule is Cc1cnc(-c2noc([C@H](N)c3ccccc3Cl)n2)nc1. The van der Waals surface area contributed by atoms with E-state index < -0.39 is 6.04 Å². The second kappa shape index (κ2) is 5.59. The fraction of sp³-hybridized carbons (Fsp3) is 0.143. The third-order valence-electron chi connectivity index (χ3n) is 2.93. The van der Waals surface area contributed by atoms with Crippen molar-refractivity contribution < 1.29 is 4.52 Å². The molecule has 0 amide bonds. The van der Waals surface area contributed by atoms with Crippen molar-refractivity contribution in [2.75, 3.05) is 0 Å². The quantitative estimate of drug-likeness (QED) is 0.799. The van der Waals surface area contributed by atoms with Crippen LogP contribution in [0.4, 0.5) is 0 Å². The first-order valence-corrected chi connectivity index (χ1v) is 6.65. The monoisotopic (exact) mass is 301 g/mol. The van der Waals surface area contributed by atoms with Crippen LogP contribution >= 0.6 is 11.6 Å². The fourth-order valence-corrected chi connectivity index (χ4v) is 2.07. The second-order valence-electron chi connectivity index (χ2n) is 4.54. The van der Waals surface area contributed by atoms with Crippen LogP contribution in [0.15, 0.2) is 41.2 Å². The minimum Gasteiger partial charge on any atom is -0.337 e. The maximum absolute atomic E-state index is 6.12. The molecule has 0 aliphatic rings. The lowest BCUT2D eigenvalue weighted by molar-refractivity contribution is 0.367. The molecule has 7 heteroatoms. The van der Waals surface area contributed by atoms with Gasteiger partial charge in [-0.15, -0.1) is 0 Å². The van der Waals surface area contributed by atoms with Crippen LogP contribution in [0.2, 0.25) is 5.02 Å². The number of halogens is 1. The number of hydrogen-bond donors (Lipinski definition) is 1. The van der Waals surface area contributed by atoms with Gasteiger partial charge >= 0.3 is 0 Å². The van der Waals surface area contributed by atoms with E-state index in [4.69, 9.17) is 21.9 Å². The third-order valence-corrected chi connectivity index (χ3v) is 3.27. The molecule has 2 aromatic heterocycles. The van der Waals surface area contributed by atoms with E-state index in [1.807, 2.05) is 25.1 Å². The van der Waals surface area contributed by atoms with Crippen LogP contribution in [0, 0.1) is 6.92 Å². The van der Waals surface area contributed by atoms with Crippen molar-refractivity contribution in [1.29, 1.82) is 0 Å². The van der Waals surface area contributed by atoms with E-state index in [9.17, 15) is 0 Å². The predicted octanol–water partition coefficient (Wildman–Crippen LogP) is 2.54. The number of aryl methyl sites for hydroxylation is 1. The maximum atomic E-state index is 6.12. The molecule has 1 atom stereocenters. The average Bonchev–Trinajstić information content (AvgIpc) is 2.98. The van der Waals surface area contributed by atoms with Gasteiger partial charge in [0.05, 0.1) is 0 Å².